The monoisotopic (exact) mass is 334 g/mol. The molecule has 5 heteroatoms. The van der Waals surface area contributed by atoms with Gasteiger partial charge in [-0.3, -0.25) is 4.79 Å². The second-order valence-electron chi connectivity index (χ2n) is 4.93. The van der Waals surface area contributed by atoms with Crippen LogP contribution < -0.4 is 0 Å². The molecule has 2 atom stereocenters. The van der Waals surface area contributed by atoms with E-state index in [9.17, 15) is 18.0 Å². The maximum atomic E-state index is 12.9. The first-order valence-corrected chi connectivity index (χ1v) is 7.08. The molecule has 2 unspecified atom stereocenters. The first-order chi connectivity index (χ1) is 8.80. The van der Waals surface area contributed by atoms with Crippen molar-refractivity contribution in [3.63, 3.8) is 0 Å². The van der Waals surface area contributed by atoms with E-state index in [4.69, 9.17) is 0 Å². The van der Waals surface area contributed by atoms with Gasteiger partial charge >= 0.3 is 6.18 Å². The highest BCUT2D eigenvalue weighted by molar-refractivity contribution is 9.10. The Morgan fingerprint density at radius 1 is 1.26 bits per heavy atom. The largest absolute Gasteiger partial charge is 0.416 e. The highest BCUT2D eigenvalue weighted by Gasteiger charge is 2.35. The van der Waals surface area contributed by atoms with E-state index in [1.165, 1.54) is 13.0 Å². The summed E-state index contributed by atoms with van der Waals surface area (Å²) < 4.78 is 38.6. The Kier molecular flexibility index (Phi) is 4.04. The highest BCUT2D eigenvalue weighted by Crippen LogP contribution is 2.37. The number of Topliss-reactive ketones (excluding diaryl/α,β-unsaturated/α-hetero) is 1. The Bertz CT molecular complexity index is 496. The summed E-state index contributed by atoms with van der Waals surface area (Å²) in [4.78, 5) is 11.8. The first-order valence-electron chi connectivity index (χ1n) is 6.16. The van der Waals surface area contributed by atoms with E-state index in [0.29, 0.717) is 12.0 Å². The van der Waals surface area contributed by atoms with Gasteiger partial charge in [0.05, 0.1) is 10.4 Å². The van der Waals surface area contributed by atoms with Crippen molar-refractivity contribution in [2.24, 2.45) is 0 Å². The number of carbonyl (C=O) groups excluding carboxylic acids is 1. The van der Waals surface area contributed by atoms with E-state index < -0.39 is 17.7 Å². The molecule has 0 radical (unpaired) electrons. The van der Waals surface area contributed by atoms with Gasteiger partial charge in [-0.2, -0.15) is 13.2 Å². The van der Waals surface area contributed by atoms with Gasteiger partial charge in [-0.15, -0.1) is 0 Å². The number of hydrogen-bond acceptors (Lipinski definition) is 1. The molecule has 0 aromatic heterocycles. The maximum Gasteiger partial charge on any atom is 0.416 e. The van der Waals surface area contributed by atoms with Gasteiger partial charge in [-0.25, -0.2) is 0 Å². The molecule has 2 rings (SSSR count). The van der Waals surface area contributed by atoms with Gasteiger partial charge in [0.1, 0.15) is 0 Å². The van der Waals surface area contributed by atoms with Crippen LogP contribution in [0.4, 0.5) is 13.2 Å². The van der Waals surface area contributed by atoms with E-state index >= 15 is 0 Å². The van der Waals surface area contributed by atoms with Gasteiger partial charge in [-0.1, -0.05) is 34.5 Å². The van der Waals surface area contributed by atoms with Crippen LogP contribution in [-0.2, 0) is 11.0 Å². The number of benzene rings is 1. The molecular weight excluding hydrogens is 321 g/mol. The molecule has 0 N–H and O–H groups in total. The Hall–Kier alpha value is -0.840. The van der Waals surface area contributed by atoms with Crippen molar-refractivity contribution in [1.29, 1.82) is 0 Å². The molecule has 0 saturated heterocycles. The number of carbonyl (C=O) groups is 1. The lowest BCUT2D eigenvalue weighted by Gasteiger charge is -2.25. The van der Waals surface area contributed by atoms with Crippen molar-refractivity contribution in [2.75, 3.05) is 0 Å². The molecule has 0 amide bonds. The topological polar surface area (TPSA) is 17.1 Å². The summed E-state index contributed by atoms with van der Waals surface area (Å²) in [7, 11) is 0. The van der Waals surface area contributed by atoms with Crippen LogP contribution in [0.1, 0.15) is 41.9 Å². The third kappa shape index (κ3) is 3.02. The Morgan fingerprint density at radius 2 is 1.95 bits per heavy atom. The molecule has 1 aliphatic carbocycles. The Labute approximate surface area is 118 Å². The fraction of sp³-hybridized carbons (Fsp3) is 0.500. The van der Waals surface area contributed by atoms with Crippen LogP contribution in [0, 0.1) is 6.92 Å². The number of rotatable bonds is 1. The predicted octanol–water partition coefficient (Wildman–Crippen LogP) is 4.61. The van der Waals surface area contributed by atoms with Gasteiger partial charge < -0.3 is 0 Å². The van der Waals surface area contributed by atoms with Crippen LogP contribution >= 0.6 is 15.9 Å². The number of alkyl halides is 4. The van der Waals surface area contributed by atoms with Crippen LogP contribution in [0.15, 0.2) is 18.2 Å². The molecule has 1 aromatic rings. The molecule has 1 fully saturated rings. The number of halogens is 4. The Balaban J connectivity index is 2.38. The normalized spacial score (nSPS) is 24.6. The van der Waals surface area contributed by atoms with Gasteiger partial charge in [0.15, 0.2) is 5.78 Å². The lowest BCUT2D eigenvalue weighted by molar-refractivity contribution is -0.138. The zero-order valence-corrected chi connectivity index (χ0v) is 12.0. The molecule has 1 saturated carbocycles. The number of aryl methyl sites for hydroxylation is 1. The molecule has 104 valence electrons. The highest BCUT2D eigenvalue weighted by atomic mass is 79.9. The second-order valence-corrected chi connectivity index (χ2v) is 6.03. The second kappa shape index (κ2) is 5.27. The molecule has 1 aliphatic rings. The number of ketones is 1. The van der Waals surface area contributed by atoms with Crippen molar-refractivity contribution in [1.82, 2.24) is 0 Å². The van der Waals surface area contributed by atoms with Gasteiger partial charge in [-0.05, 0) is 37.0 Å². The third-order valence-corrected chi connectivity index (χ3v) is 4.48. The van der Waals surface area contributed by atoms with E-state index in [-0.39, 0.29) is 16.2 Å². The zero-order valence-electron chi connectivity index (χ0n) is 10.4. The molecule has 19 heavy (non-hydrogen) atoms. The molecule has 0 bridgehead atoms. The van der Waals surface area contributed by atoms with Crippen LogP contribution in [0.2, 0.25) is 0 Å². The van der Waals surface area contributed by atoms with Crippen molar-refractivity contribution >= 4 is 21.7 Å². The van der Waals surface area contributed by atoms with E-state index in [1.807, 2.05) is 0 Å². The molecule has 1 nitrogen and oxygen atoms in total. The summed E-state index contributed by atoms with van der Waals surface area (Å²) in [5, 5.41) is 0. The summed E-state index contributed by atoms with van der Waals surface area (Å²) in [6.45, 7) is 1.43. The molecular formula is C14H14BrF3O. The van der Waals surface area contributed by atoms with Gasteiger partial charge in [0, 0.05) is 5.92 Å². The van der Waals surface area contributed by atoms with E-state index in [1.54, 1.807) is 6.07 Å². The average Bonchev–Trinajstić information content (AvgIpc) is 2.32. The summed E-state index contributed by atoms with van der Waals surface area (Å²) in [6, 6.07) is 4.21. The summed E-state index contributed by atoms with van der Waals surface area (Å²) in [5.41, 5.74) is 0.0245. The predicted molar refractivity (Wildman–Crippen MR) is 70.5 cm³/mol. The van der Waals surface area contributed by atoms with Gasteiger partial charge in [0.2, 0.25) is 0 Å². The SMILES string of the molecule is Cc1ccc(C2CCCC(Br)C2=O)cc1C(F)(F)F. The van der Waals surface area contributed by atoms with Crippen LogP contribution in [0.3, 0.4) is 0 Å². The zero-order chi connectivity index (χ0) is 14.2. The molecule has 1 aromatic carbocycles. The number of hydrogen-bond donors (Lipinski definition) is 0. The summed E-state index contributed by atoms with van der Waals surface area (Å²) in [5.74, 6) is -0.428. The third-order valence-electron chi connectivity index (χ3n) is 3.57. The standard InChI is InChI=1S/C14H14BrF3O/c1-8-5-6-9(7-11(8)14(16,17)18)10-3-2-4-12(15)13(10)19/h5-7,10,12H,2-4H2,1H3. The lowest BCUT2D eigenvalue weighted by Crippen LogP contribution is -2.27. The molecule has 0 aliphatic heterocycles. The lowest BCUT2D eigenvalue weighted by atomic mass is 9.82. The van der Waals surface area contributed by atoms with E-state index in [2.05, 4.69) is 15.9 Å². The molecule has 0 heterocycles. The molecule has 0 spiro atoms. The summed E-state index contributed by atoms with van der Waals surface area (Å²) >= 11 is 3.29. The fourth-order valence-corrected chi connectivity index (χ4v) is 3.14. The fourth-order valence-electron chi connectivity index (χ4n) is 2.50. The minimum Gasteiger partial charge on any atom is -0.298 e. The smallest absolute Gasteiger partial charge is 0.298 e. The van der Waals surface area contributed by atoms with Crippen LogP contribution in [-0.4, -0.2) is 10.6 Å². The van der Waals surface area contributed by atoms with Crippen LogP contribution in [0.5, 0.6) is 0 Å². The maximum absolute atomic E-state index is 12.9. The average molecular weight is 335 g/mol. The minimum absolute atomic E-state index is 0.0109. The van der Waals surface area contributed by atoms with Crippen LogP contribution in [0.25, 0.3) is 0 Å². The van der Waals surface area contributed by atoms with Crippen molar-refractivity contribution in [2.45, 2.75) is 43.1 Å². The Morgan fingerprint density at radius 3 is 2.58 bits per heavy atom. The van der Waals surface area contributed by atoms with Gasteiger partial charge in [0.25, 0.3) is 0 Å². The minimum atomic E-state index is -4.37. The van der Waals surface area contributed by atoms with E-state index in [0.717, 1.165) is 18.9 Å². The van der Waals surface area contributed by atoms with Crippen molar-refractivity contribution in [3.8, 4) is 0 Å². The summed E-state index contributed by atoms with van der Waals surface area (Å²) in [6.07, 6.45) is -2.14. The first kappa shape index (κ1) is 14.6. The van der Waals surface area contributed by atoms with Crippen molar-refractivity contribution in [3.05, 3.63) is 34.9 Å². The quantitative estimate of drug-likeness (QED) is 0.685. The van der Waals surface area contributed by atoms with Crippen molar-refractivity contribution < 1.29 is 18.0 Å².